The van der Waals surface area contributed by atoms with Crippen LogP contribution in [0.25, 0.3) is 0 Å². The number of hydrogen-bond acceptors (Lipinski definition) is 4. The van der Waals surface area contributed by atoms with Crippen LogP contribution in [0.5, 0.6) is 0 Å². The van der Waals surface area contributed by atoms with Crippen LogP contribution in [-0.2, 0) is 19.1 Å². The molecule has 26 heavy (non-hydrogen) atoms. The third kappa shape index (κ3) is 6.48. The Kier molecular flexibility index (Phi) is 7.76. The summed E-state index contributed by atoms with van der Waals surface area (Å²) in [5, 5.41) is 28.2. The lowest BCUT2D eigenvalue weighted by molar-refractivity contribution is -0.134. The minimum Gasteiger partial charge on any atom is -0.478 e. The molecule has 7 heteroatoms. The Morgan fingerprint density at radius 3 is 1.96 bits per heavy atom. The first kappa shape index (κ1) is 21.6. The average molecular weight is 366 g/mol. The zero-order valence-corrected chi connectivity index (χ0v) is 15.2. The minimum absolute atomic E-state index is 0.0156. The summed E-state index contributed by atoms with van der Waals surface area (Å²) in [7, 11) is 0. The second kappa shape index (κ2) is 9.33. The average Bonchev–Trinajstić information content (AvgIpc) is 3.38. The van der Waals surface area contributed by atoms with Crippen LogP contribution in [0.4, 0.5) is 0 Å². The van der Waals surface area contributed by atoms with E-state index in [0.29, 0.717) is 19.4 Å². The molecule has 0 radical (unpaired) electrons. The fourth-order valence-corrected chi connectivity index (χ4v) is 2.57. The lowest BCUT2D eigenvalue weighted by atomic mass is 9.78. The number of carbonyl (C=O) groups is 3. The monoisotopic (exact) mass is 366 g/mol. The Balaban J connectivity index is 3.30. The Labute approximate surface area is 152 Å². The minimum atomic E-state index is -1.43. The van der Waals surface area contributed by atoms with Crippen LogP contribution >= 0.6 is 0 Å². The van der Waals surface area contributed by atoms with Gasteiger partial charge in [-0.15, -0.1) is 0 Å². The highest BCUT2D eigenvalue weighted by Crippen LogP contribution is 2.34. The molecule has 0 bridgehead atoms. The second-order valence-electron chi connectivity index (χ2n) is 6.61. The van der Waals surface area contributed by atoms with Crippen molar-refractivity contribution in [1.29, 1.82) is 0 Å². The first-order valence-electron chi connectivity index (χ1n) is 8.55. The maximum absolute atomic E-state index is 11.6. The Bertz CT molecular complexity index is 640. The summed E-state index contributed by atoms with van der Waals surface area (Å²) in [4.78, 5) is 34.6. The van der Waals surface area contributed by atoms with Crippen LogP contribution in [0, 0.1) is 5.41 Å². The summed E-state index contributed by atoms with van der Waals surface area (Å²) in [6.45, 7) is 7.51. The number of allylic oxidation sites excluding steroid dienone is 2. The van der Waals surface area contributed by atoms with E-state index in [-0.39, 0.29) is 35.7 Å². The van der Waals surface area contributed by atoms with E-state index in [1.54, 1.807) is 0 Å². The van der Waals surface area contributed by atoms with Crippen LogP contribution in [-0.4, -0.2) is 45.9 Å². The fourth-order valence-electron chi connectivity index (χ4n) is 2.57. The molecule has 1 fully saturated rings. The van der Waals surface area contributed by atoms with Crippen molar-refractivity contribution in [2.75, 3.05) is 6.61 Å². The SMILES string of the molecule is C=C(C(=O)O)C(C)(C=C(CCCC)C(=O)O)C=C(CCC1CO1)C(=O)O. The lowest BCUT2D eigenvalue weighted by Gasteiger charge is -2.24. The third-order valence-corrected chi connectivity index (χ3v) is 4.34. The normalized spacial score (nSPS) is 19.5. The fraction of sp³-hybridized carbons (Fsp3) is 0.526. The molecule has 2 unspecified atom stereocenters. The predicted molar refractivity (Wildman–Crippen MR) is 94.8 cm³/mol. The van der Waals surface area contributed by atoms with Gasteiger partial charge in [0.15, 0.2) is 0 Å². The molecule has 0 aromatic rings. The predicted octanol–water partition coefficient (Wildman–Crippen LogP) is 3.02. The smallest absolute Gasteiger partial charge is 0.332 e. The molecule has 0 aromatic carbocycles. The maximum atomic E-state index is 11.6. The molecule has 144 valence electrons. The number of aliphatic carboxylic acids is 3. The molecule has 0 saturated carbocycles. The number of ether oxygens (including phenoxy) is 1. The second-order valence-corrected chi connectivity index (χ2v) is 6.61. The van der Waals surface area contributed by atoms with Gasteiger partial charge in [0.2, 0.25) is 0 Å². The van der Waals surface area contributed by atoms with Crippen LogP contribution in [0.2, 0.25) is 0 Å². The third-order valence-electron chi connectivity index (χ3n) is 4.34. The van der Waals surface area contributed by atoms with Crippen molar-refractivity contribution in [2.45, 2.75) is 52.1 Å². The summed E-state index contributed by atoms with van der Waals surface area (Å²) in [6, 6.07) is 0. The van der Waals surface area contributed by atoms with Gasteiger partial charge < -0.3 is 20.1 Å². The maximum Gasteiger partial charge on any atom is 0.332 e. The van der Waals surface area contributed by atoms with Crippen LogP contribution in [0.3, 0.4) is 0 Å². The molecule has 1 rings (SSSR count). The molecule has 1 heterocycles. The molecular formula is C19H26O7. The van der Waals surface area contributed by atoms with Crippen molar-refractivity contribution < 1.29 is 34.4 Å². The number of carboxylic acids is 3. The zero-order valence-electron chi connectivity index (χ0n) is 15.2. The highest BCUT2D eigenvalue weighted by molar-refractivity contribution is 5.92. The first-order valence-corrected chi connectivity index (χ1v) is 8.55. The Morgan fingerprint density at radius 2 is 1.58 bits per heavy atom. The molecule has 2 atom stereocenters. The van der Waals surface area contributed by atoms with E-state index in [1.807, 2.05) is 6.92 Å². The highest BCUT2D eigenvalue weighted by Gasteiger charge is 2.32. The topological polar surface area (TPSA) is 124 Å². The molecule has 0 aliphatic carbocycles. The Morgan fingerprint density at radius 1 is 1.08 bits per heavy atom. The van der Waals surface area contributed by atoms with Gasteiger partial charge >= 0.3 is 17.9 Å². The van der Waals surface area contributed by atoms with Gasteiger partial charge in [-0.2, -0.15) is 0 Å². The van der Waals surface area contributed by atoms with Gasteiger partial charge in [0.25, 0.3) is 0 Å². The largest absolute Gasteiger partial charge is 0.478 e. The van der Waals surface area contributed by atoms with Gasteiger partial charge in [-0.25, -0.2) is 14.4 Å². The van der Waals surface area contributed by atoms with Crippen molar-refractivity contribution >= 4 is 17.9 Å². The van der Waals surface area contributed by atoms with Gasteiger partial charge in [-0.3, -0.25) is 0 Å². The lowest BCUT2D eigenvalue weighted by Crippen LogP contribution is -2.23. The van der Waals surface area contributed by atoms with Gasteiger partial charge in [-0.05, 0) is 32.6 Å². The molecule has 0 aromatic heterocycles. The summed E-state index contributed by atoms with van der Waals surface area (Å²) in [5.41, 5.74) is -1.65. The van der Waals surface area contributed by atoms with Gasteiger partial charge in [0.1, 0.15) is 0 Å². The molecule has 7 nitrogen and oxygen atoms in total. The van der Waals surface area contributed by atoms with E-state index in [9.17, 15) is 29.7 Å². The number of rotatable bonds is 12. The van der Waals surface area contributed by atoms with Crippen molar-refractivity contribution in [3.8, 4) is 0 Å². The summed E-state index contributed by atoms with van der Waals surface area (Å²) in [6.07, 6.45) is 5.01. The molecule has 1 aliphatic rings. The van der Waals surface area contributed by atoms with Gasteiger partial charge in [0, 0.05) is 22.1 Å². The highest BCUT2D eigenvalue weighted by atomic mass is 16.6. The number of hydrogen-bond donors (Lipinski definition) is 3. The van der Waals surface area contributed by atoms with E-state index in [4.69, 9.17) is 4.74 Å². The van der Waals surface area contributed by atoms with Crippen molar-refractivity contribution in [2.24, 2.45) is 5.41 Å². The van der Waals surface area contributed by atoms with Gasteiger partial charge in [-0.1, -0.05) is 32.1 Å². The van der Waals surface area contributed by atoms with Crippen LogP contribution < -0.4 is 0 Å². The Hall–Kier alpha value is -2.41. The summed E-state index contributed by atoms with van der Waals surface area (Å²) >= 11 is 0. The van der Waals surface area contributed by atoms with E-state index < -0.39 is 23.3 Å². The molecule has 0 amide bonds. The molecule has 3 N–H and O–H groups in total. The first-order chi connectivity index (χ1) is 12.1. The summed E-state index contributed by atoms with van der Waals surface area (Å²) < 4.78 is 5.07. The van der Waals surface area contributed by atoms with Crippen LogP contribution in [0.15, 0.2) is 35.5 Å². The van der Waals surface area contributed by atoms with E-state index >= 15 is 0 Å². The zero-order chi connectivity index (χ0) is 19.9. The molecule has 1 saturated heterocycles. The van der Waals surface area contributed by atoms with Crippen molar-refractivity contribution in [3.05, 3.63) is 35.5 Å². The van der Waals surface area contributed by atoms with E-state index in [1.165, 1.54) is 19.1 Å². The van der Waals surface area contributed by atoms with Crippen molar-refractivity contribution in [1.82, 2.24) is 0 Å². The molecule has 0 spiro atoms. The number of unbranched alkanes of at least 4 members (excludes halogenated alkanes) is 1. The van der Waals surface area contributed by atoms with E-state index in [2.05, 4.69) is 6.58 Å². The van der Waals surface area contributed by atoms with Crippen molar-refractivity contribution in [3.63, 3.8) is 0 Å². The van der Waals surface area contributed by atoms with E-state index in [0.717, 1.165) is 6.42 Å². The summed E-state index contributed by atoms with van der Waals surface area (Å²) in [5.74, 6) is -3.64. The standard InChI is InChI=1S/C19H26O7/c1-4-5-6-13(17(22)23)9-19(3,12(2)16(20)21)10-14(18(24)25)7-8-15-11-26-15/h9-10,15H,2,4-8,11H2,1,3H3,(H,20,21)(H,22,23)(H,24,25). The quantitative estimate of drug-likeness (QED) is 0.358. The number of epoxide rings is 1. The number of carboxylic acid groups (broad SMARTS) is 3. The van der Waals surface area contributed by atoms with Crippen LogP contribution in [0.1, 0.15) is 46.0 Å². The molecule has 1 aliphatic heterocycles. The molecular weight excluding hydrogens is 340 g/mol. The van der Waals surface area contributed by atoms with Gasteiger partial charge in [0.05, 0.1) is 12.7 Å².